The van der Waals surface area contributed by atoms with Crippen molar-refractivity contribution in [3.8, 4) is 5.75 Å². The van der Waals surface area contributed by atoms with Crippen molar-refractivity contribution in [3.05, 3.63) is 59.7 Å². The van der Waals surface area contributed by atoms with Crippen molar-refractivity contribution in [3.63, 3.8) is 0 Å². The number of carbonyl (C=O) groups excluding carboxylic acids is 1. The minimum absolute atomic E-state index is 0.0711. The Hall–Kier alpha value is -2.40. The fourth-order valence-electron chi connectivity index (χ4n) is 4.02. The average molecular weight is 426 g/mol. The van der Waals surface area contributed by atoms with Gasteiger partial charge in [0.05, 0.1) is 17.9 Å². The maximum atomic E-state index is 11.2. The zero-order valence-electron chi connectivity index (χ0n) is 17.5. The summed E-state index contributed by atoms with van der Waals surface area (Å²) in [6, 6.07) is 16.7. The van der Waals surface area contributed by atoms with Crippen LogP contribution in [0.3, 0.4) is 0 Å². The highest BCUT2D eigenvalue weighted by atomic mass is 32.1. The number of rotatable bonds is 6. The molecule has 4 rings (SSSR count). The maximum absolute atomic E-state index is 11.2. The number of benzene rings is 2. The summed E-state index contributed by atoms with van der Waals surface area (Å²) in [6.45, 7) is 0.599. The van der Waals surface area contributed by atoms with Crippen LogP contribution in [0.4, 0.5) is 5.69 Å². The van der Waals surface area contributed by atoms with E-state index in [0.29, 0.717) is 24.3 Å². The molecule has 0 saturated heterocycles. The predicted octanol–water partition coefficient (Wildman–Crippen LogP) is 5.48. The van der Waals surface area contributed by atoms with Crippen molar-refractivity contribution in [1.29, 1.82) is 0 Å². The zero-order chi connectivity index (χ0) is 21.0. The van der Waals surface area contributed by atoms with E-state index in [1.54, 1.807) is 10.9 Å². The fourth-order valence-corrected chi connectivity index (χ4v) is 4.28. The Bertz CT molecular complexity index is 856. The molecule has 1 fully saturated rings. The van der Waals surface area contributed by atoms with Crippen LogP contribution in [0.2, 0.25) is 0 Å². The monoisotopic (exact) mass is 425 g/mol. The molecular formula is C25H31NO3S. The lowest BCUT2D eigenvalue weighted by Gasteiger charge is -2.21. The molecule has 1 amide bonds. The van der Waals surface area contributed by atoms with Gasteiger partial charge in [-0.05, 0) is 67.3 Å². The first-order valence-corrected chi connectivity index (χ1v) is 11.8. The van der Waals surface area contributed by atoms with Crippen LogP contribution in [0, 0.1) is 0 Å². The van der Waals surface area contributed by atoms with Crippen LogP contribution in [-0.4, -0.2) is 22.1 Å². The Morgan fingerprint density at radius 1 is 1.03 bits per heavy atom. The molecule has 2 aromatic carbocycles. The molecule has 2 aromatic rings. The summed E-state index contributed by atoms with van der Waals surface area (Å²) in [6.07, 6.45) is 10.0. The van der Waals surface area contributed by atoms with E-state index in [4.69, 9.17) is 4.74 Å². The van der Waals surface area contributed by atoms with E-state index in [-0.39, 0.29) is 5.91 Å². The van der Waals surface area contributed by atoms with Gasteiger partial charge in [0.1, 0.15) is 5.75 Å². The van der Waals surface area contributed by atoms with Gasteiger partial charge in [0.2, 0.25) is 5.91 Å². The molecule has 0 atom stereocenters. The Labute approximate surface area is 183 Å². The predicted molar refractivity (Wildman–Crippen MR) is 125 cm³/mol. The molecular weight excluding hydrogens is 394 g/mol. The number of nitrogens with one attached hydrogen (secondary N) is 1. The van der Waals surface area contributed by atoms with Crippen molar-refractivity contribution in [2.45, 2.75) is 63.7 Å². The van der Waals surface area contributed by atoms with Gasteiger partial charge in [-0.25, -0.2) is 4.21 Å². The molecule has 0 unspecified atom stereocenters. The number of fused-ring (bicyclic) bond motifs is 1. The third-order valence-corrected chi connectivity index (χ3v) is 6.02. The molecule has 2 aliphatic rings. The van der Waals surface area contributed by atoms with Gasteiger partial charge in [-0.1, -0.05) is 49.6 Å². The highest BCUT2D eigenvalue weighted by molar-refractivity contribution is 7.64. The van der Waals surface area contributed by atoms with Gasteiger partial charge >= 0.3 is 0 Å². The van der Waals surface area contributed by atoms with Gasteiger partial charge in [0, 0.05) is 17.5 Å². The van der Waals surface area contributed by atoms with E-state index in [2.05, 4.69) is 35.6 Å². The van der Waals surface area contributed by atoms with E-state index in [9.17, 15) is 9.00 Å². The Morgan fingerprint density at radius 3 is 2.60 bits per heavy atom. The van der Waals surface area contributed by atoms with E-state index in [1.165, 1.54) is 32.1 Å². The molecule has 1 aliphatic carbocycles. The summed E-state index contributed by atoms with van der Waals surface area (Å²) in [5.41, 5.74) is 3.56. The number of hydrogen-bond acceptors (Lipinski definition) is 3. The smallest absolute Gasteiger partial charge is 0.224 e. The van der Waals surface area contributed by atoms with Crippen LogP contribution in [0.15, 0.2) is 48.5 Å². The van der Waals surface area contributed by atoms with Crippen molar-refractivity contribution in [1.82, 2.24) is 0 Å². The van der Waals surface area contributed by atoms with E-state index in [0.717, 1.165) is 42.2 Å². The molecule has 0 aromatic heterocycles. The molecule has 1 aliphatic heterocycles. The summed E-state index contributed by atoms with van der Waals surface area (Å²) < 4.78 is 15.7. The summed E-state index contributed by atoms with van der Waals surface area (Å²) >= 11 is 0.496. The summed E-state index contributed by atoms with van der Waals surface area (Å²) in [4.78, 5) is 11.2. The molecule has 1 saturated carbocycles. The van der Waals surface area contributed by atoms with Crippen molar-refractivity contribution in [2.75, 3.05) is 11.9 Å². The third kappa shape index (κ3) is 7.13. The topological polar surface area (TPSA) is 55.4 Å². The second kappa shape index (κ2) is 12.3. The fraction of sp³-hybridized carbons (Fsp3) is 0.440. The number of unbranched alkanes of at least 4 members (excludes halogenated alkanes) is 1. The Kier molecular flexibility index (Phi) is 9.16. The SMILES string of the molecule is O=S=CCCCOc1ccc2c(c1)CCC(=O)N2.c1ccc(C2CCCCC2)cc1. The maximum Gasteiger partial charge on any atom is 0.224 e. The van der Waals surface area contributed by atoms with Gasteiger partial charge < -0.3 is 10.1 Å². The van der Waals surface area contributed by atoms with Crippen LogP contribution in [0.1, 0.15) is 68.4 Å². The Morgan fingerprint density at radius 2 is 1.83 bits per heavy atom. The standard InChI is InChI=1S/C13H15NO3S.C12H16/c15-13-6-3-10-9-11(4-5-12(10)14-13)17-7-1-2-8-18-16;1-3-7-11(8-4-1)12-9-5-2-6-10-12/h4-5,8-9H,1-3,6-7H2,(H,14,15);1,3-4,7-8,12H,2,5-6,9-10H2. The molecule has 0 radical (unpaired) electrons. The summed E-state index contributed by atoms with van der Waals surface area (Å²) in [5, 5.41) is 4.46. The highest BCUT2D eigenvalue weighted by Crippen LogP contribution is 2.32. The normalized spacial score (nSPS) is 15.8. The van der Waals surface area contributed by atoms with Crippen LogP contribution in [0.25, 0.3) is 0 Å². The second-order valence-corrected chi connectivity index (χ2v) is 8.39. The van der Waals surface area contributed by atoms with E-state index in [1.807, 2.05) is 18.2 Å². The largest absolute Gasteiger partial charge is 0.494 e. The number of ether oxygens (including phenoxy) is 1. The number of hydrogen-bond donors (Lipinski definition) is 1. The molecule has 0 spiro atoms. The van der Waals surface area contributed by atoms with Crippen LogP contribution in [-0.2, 0) is 22.5 Å². The molecule has 1 N–H and O–H groups in total. The minimum atomic E-state index is 0.0711. The van der Waals surface area contributed by atoms with Gasteiger partial charge in [-0.15, -0.1) is 0 Å². The molecule has 1 heterocycles. The lowest BCUT2D eigenvalue weighted by Crippen LogP contribution is -2.18. The van der Waals surface area contributed by atoms with Crippen molar-refractivity contribution >= 4 is 28.2 Å². The molecule has 160 valence electrons. The van der Waals surface area contributed by atoms with Gasteiger partial charge in [0.15, 0.2) is 0 Å². The van der Waals surface area contributed by atoms with Crippen LogP contribution in [0.5, 0.6) is 5.75 Å². The average Bonchev–Trinajstić information content (AvgIpc) is 2.80. The first kappa shape index (κ1) is 22.3. The highest BCUT2D eigenvalue weighted by Gasteiger charge is 2.15. The first-order chi connectivity index (χ1) is 14.8. The minimum Gasteiger partial charge on any atom is -0.494 e. The lowest BCUT2D eigenvalue weighted by atomic mass is 9.84. The van der Waals surface area contributed by atoms with Gasteiger partial charge in [-0.2, -0.15) is 0 Å². The summed E-state index contributed by atoms with van der Waals surface area (Å²) in [7, 11) is 0. The number of amides is 1. The lowest BCUT2D eigenvalue weighted by molar-refractivity contribution is -0.116. The molecule has 0 bridgehead atoms. The quantitative estimate of drug-likeness (QED) is 0.492. The van der Waals surface area contributed by atoms with Gasteiger partial charge in [-0.3, -0.25) is 4.79 Å². The van der Waals surface area contributed by atoms with Crippen molar-refractivity contribution < 1.29 is 13.7 Å². The molecule has 5 heteroatoms. The van der Waals surface area contributed by atoms with Crippen LogP contribution >= 0.6 is 0 Å². The van der Waals surface area contributed by atoms with E-state index < -0.39 is 0 Å². The zero-order valence-corrected chi connectivity index (χ0v) is 18.3. The molecule has 4 nitrogen and oxygen atoms in total. The first-order valence-electron chi connectivity index (χ1n) is 11.0. The van der Waals surface area contributed by atoms with Crippen molar-refractivity contribution in [2.24, 2.45) is 0 Å². The summed E-state index contributed by atoms with van der Waals surface area (Å²) in [5.74, 6) is 1.75. The Balaban J connectivity index is 0.000000184. The number of carbonyl (C=O) groups is 1. The second-order valence-electron chi connectivity index (χ2n) is 7.87. The number of aryl methyl sites for hydroxylation is 1. The molecule has 30 heavy (non-hydrogen) atoms. The third-order valence-electron chi connectivity index (χ3n) is 5.65. The van der Waals surface area contributed by atoms with Crippen LogP contribution < -0.4 is 10.1 Å². The van der Waals surface area contributed by atoms with Gasteiger partial charge in [0.25, 0.3) is 0 Å². The van der Waals surface area contributed by atoms with E-state index >= 15 is 0 Å². The number of anilines is 1.